The summed E-state index contributed by atoms with van der Waals surface area (Å²) in [5, 5.41) is 6.68. The fourth-order valence-electron chi connectivity index (χ4n) is 1.98. The van der Waals surface area contributed by atoms with Gasteiger partial charge in [0.15, 0.2) is 0 Å². The van der Waals surface area contributed by atoms with Crippen molar-refractivity contribution in [1.29, 1.82) is 0 Å². The Morgan fingerprint density at radius 1 is 1.30 bits per heavy atom. The molecule has 2 aromatic rings. The standard InChI is InChI=1S/C17H20ClN3O2/c1-12-4-5-14(11-15(12)18)21-16-10-13(6-8-19-16)17(22)20-7-3-9-23-2/h4-6,8,10-11H,3,7,9H2,1-2H3,(H,19,21)(H,20,22). The summed E-state index contributed by atoms with van der Waals surface area (Å²) in [4.78, 5) is 16.3. The molecule has 1 heterocycles. The van der Waals surface area contributed by atoms with Gasteiger partial charge in [0.2, 0.25) is 0 Å². The van der Waals surface area contributed by atoms with Crippen LogP contribution in [0, 0.1) is 6.92 Å². The Kier molecular flexibility index (Phi) is 6.38. The Labute approximate surface area is 141 Å². The molecule has 0 aliphatic heterocycles. The van der Waals surface area contributed by atoms with E-state index in [1.807, 2.05) is 25.1 Å². The van der Waals surface area contributed by atoms with Crippen molar-refractivity contribution in [3.8, 4) is 0 Å². The van der Waals surface area contributed by atoms with Crippen molar-refractivity contribution in [3.63, 3.8) is 0 Å². The van der Waals surface area contributed by atoms with Crippen LogP contribution >= 0.6 is 11.6 Å². The molecule has 2 N–H and O–H groups in total. The average molecular weight is 334 g/mol. The van der Waals surface area contributed by atoms with Gasteiger partial charge in [0.1, 0.15) is 5.82 Å². The lowest BCUT2D eigenvalue weighted by Crippen LogP contribution is -2.25. The van der Waals surface area contributed by atoms with E-state index in [1.54, 1.807) is 25.4 Å². The molecule has 6 heteroatoms. The van der Waals surface area contributed by atoms with Crippen LogP contribution in [-0.2, 0) is 4.74 Å². The first-order valence-electron chi connectivity index (χ1n) is 7.36. The Hall–Kier alpha value is -2.11. The minimum Gasteiger partial charge on any atom is -0.385 e. The van der Waals surface area contributed by atoms with Crippen molar-refractivity contribution in [2.75, 3.05) is 25.6 Å². The topological polar surface area (TPSA) is 63.2 Å². The number of nitrogens with zero attached hydrogens (tertiary/aromatic N) is 1. The van der Waals surface area contributed by atoms with E-state index in [4.69, 9.17) is 16.3 Å². The fourth-order valence-corrected chi connectivity index (χ4v) is 2.16. The summed E-state index contributed by atoms with van der Waals surface area (Å²) in [6.45, 7) is 3.14. The molecule has 1 amide bonds. The molecule has 0 atom stereocenters. The molecule has 0 spiro atoms. The van der Waals surface area contributed by atoms with E-state index in [9.17, 15) is 4.79 Å². The molecule has 23 heavy (non-hydrogen) atoms. The van der Waals surface area contributed by atoms with Gasteiger partial charge in [-0.1, -0.05) is 17.7 Å². The number of aryl methyl sites for hydroxylation is 1. The van der Waals surface area contributed by atoms with Crippen LogP contribution < -0.4 is 10.6 Å². The highest BCUT2D eigenvalue weighted by Crippen LogP contribution is 2.22. The maximum absolute atomic E-state index is 12.1. The minimum absolute atomic E-state index is 0.131. The molecule has 1 aromatic carbocycles. The molecule has 0 unspecified atom stereocenters. The second-order valence-electron chi connectivity index (χ2n) is 5.12. The summed E-state index contributed by atoms with van der Waals surface area (Å²) in [7, 11) is 1.64. The number of methoxy groups -OCH3 is 1. The van der Waals surface area contributed by atoms with E-state index in [1.165, 1.54) is 0 Å². The van der Waals surface area contributed by atoms with Gasteiger partial charge < -0.3 is 15.4 Å². The number of anilines is 2. The maximum atomic E-state index is 12.1. The van der Waals surface area contributed by atoms with Crippen LogP contribution in [0.15, 0.2) is 36.5 Å². The monoisotopic (exact) mass is 333 g/mol. The van der Waals surface area contributed by atoms with Crippen LogP contribution in [0.25, 0.3) is 0 Å². The van der Waals surface area contributed by atoms with Gasteiger partial charge >= 0.3 is 0 Å². The van der Waals surface area contributed by atoms with E-state index >= 15 is 0 Å². The zero-order chi connectivity index (χ0) is 16.7. The number of pyridine rings is 1. The molecule has 0 fully saturated rings. The molecule has 0 bridgehead atoms. The van der Waals surface area contributed by atoms with Gasteiger partial charge in [-0.2, -0.15) is 0 Å². The quantitative estimate of drug-likeness (QED) is 0.760. The van der Waals surface area contributed by atoms with Crippen LogP contribution in [0.3, 0.4) is 0 Å². The molecule has 0 aliphatic rings. The van der Waals surface area contributed by atoms with Crippen molar-refractivity contribution >= 4 is 29.0 Å². The van der Waals surface area contributed by atoms with Crippen LogP contribution in [0.5, 0.6) is 0 Å². The smallest absolute Gasteiger partial charge is 0.251 e. The lowest BCUT2D eigenvalue weighted by atomic mass is 10.2. The highest BCUT2D eigenvalue weighted by Gasteiger charge is 2.07. The molecule has 0 radical (unpaired) electrons. The van der Waals surface area contributed by atoms with Gasteiger partial charge in [0.25, 0.3) is 5.91 Å². The number of hydrogen-bond acceptors (Lipinski definition) is 4. The average Bonchev–Trinajstić information content (AvgIpc) is 2.55. The number of rotatable bonds is 7. The minimum atomic E-state index is -0.131. The zero-order valence-corrected chi connectivity index (χ0v) is 14.0. The number of halogens is 1. The second kappa shape index (κ2) is 8.50. The first-order chi connectivity index (χ1) is 11.1. The first-order valence-corrected chi connectivity index (χ1v) is 7.74. The highest BCUT2D eigenvalue weighted by atomic mass is 35.5. The number of hydrogen-bond donors (Lipinski definition) is 2. The normalized spacial score (nSPS) is 10.4. The summed E-state index contributed by atoms with van der Waals surface area (Å²) in [5.41, 5.74) is 2.39. The van der Waals surface area contributed by atoms with Gasteiger partial charge in [-0.25, -0.2) is 4.98 Å². The van der Waals surface area contributed by atoms with Crippen molar-refractivity contribution in [2.45, 2.75) is 13.3 Å². The molecular weight excluding hydrogens is 314 g/mol. The summed E-state index contributed by atoms with van der Waals surface area (Å²) in [6, 6.07) is 9.06. The molecule has 5 nitrogen and oxygen atoms in total. The number of amides is 1. The third-order valence-electron chi connectivity index (χ3n) is 3.28. The number of ether oxygens (including phenoxy) is 1. The largest absolute Gasteiger partial charge is 0.385 e. The molecular formula is C17H20ClN3O2. The van der Waals surface area contributed by atoms with Crippen LogP contribution in [0.2, 0.25) is 5.02 Å². The van der Waals surface area contributed by atoms with Gasteiger partial charge in [-0.15, -0.1) is 0 Å². The number of carbonyl (C=O) groups excluding carboxylic acids is 1. The Morgan fingerprint density at radius 2 is 2.13 bits per heavy atom. The number of aromatic nitrogens is 1. The first kappa shape index (κ1) is 17.2. The zero-order valence-electron chi connectivity index (χ0n) is 13.2. The molecule has 0 saturated carbocycles. The van der Waals surface area contributed by atoms with Crippen molar-refractivity contribution in [1.82, 2.24) is 10.3 Å². The second-order valence-corrected chi connectivity index (χ2v) is 5.53. The van der Waals surface area contributed by atoms with Gasteiger partial charge in [0.05, 0.1) is 0 Å². The number of benzene rings is 1. The van der Waals surface area contributed by atoms with Crippen molar-refractivity contribution in [2.24, 2.45) is 0 Å². The van der Waals surface area contributed by atoms with Crippen LogP contribution in [-0.4, -0.2) is 31.2 Å². The lowest BCUT2D eigenvalue weighted by molar-refractivity contribution is 0.0948. The summed E-state index contributed by atoms with van der Waals surface area (Å²) < 4.78 is 4.95. The summed E-state index contributed by atoms with van der Waals surface area (Å²) >= 11 is 6.11. The SMILES string of the molecule is COCCCNC(=O)c1ccnc(Nc2ccc(C)c(Cl)c2)c1. The van der Waals surface area contributed by atoms with E-state index in [0.29, 0.717) is 29.6 Å². The predicted octanol–water partition coefficient (Wildman–Crippen LogP) is 3.55. The number of nitrogens with one attached hydrogen (secondary N) is 2. The molecule has 0 saturated heterocycles. The third-order valence-corrected chi connectivity index (χ3v) is 3.68. The Balaban J connectivity index is 2.01. The summed E-state index contributed by atoms with van der Waals surface area (Å²) in [6.07, 6.45) is 2.38. The third kappa shape index (κ3) is 5.23. The molecule has 0 aliphatic carbocycles. The number of carbonyl (C=O) groups is 1. The van der Waals surface area contributed by atoms with Gasteiger partial charge in [0, 0.05) is 42.7 Å². The maximum Gasteiger partial charge on any atom is 0.251 e. The van der Waals surface area contributed by atoms with Gasteiger partial charge in [-0.3, -0.25) is 4.79 Å². The fraction of sp³-hybridized carbons (Fsp3) is 0.294. The van der Waals surface area contributed by atoms with E-state index in [-0.39, 0.29) is 5.91 Å². The molecule has 2 rings (SSSR count). The van der Waals surface area contributed by atoms with E-state index in [0.717, 1.165) is 17.7 Å². The molecule has 1 aromatic heterocycles. The van der Waals surface area contributed by atoms with Gasteiger partial charge in [-0.05, 0) is 43.2 Å². The Morgan fingerprint density at radius 3 is 2.87 bits per heavy atom. The van der Waals surface area contributed by atoms with E-state index < -0.39 is 0 Å². The van der Waals surface area contributed by atoms with E-state index in [2.05, 4.69) is 15.6 Å². The van der Waals surface area contributed by atoms with Crippen LogP contribution in [0.4, 0.5) is 11.5 Å². The summed E-state index contributed by atoms with van der Waals surface area (Å²) in [5.74, 6) is 0.461. The molecule has 122 valence electrons. The van der Waals surface area contributed by atoms with Crippen molar-refractivity contribution < 1.29 is 9.53 Å². The Bertz CT molecular complexity index is 677. The van der Waals surface area contributed by atoms with Crippen LogP contribution in [0.1, 0.15) is 22.3 Å². The highest BCUT2D eigenvalue weighted by molar-refractivity contribution is 6.31. The van der Waals surface area contributed by atoms with Crippen molar-refractivity contribution in [3.05, 3.63) is 52.7 Å². The predicted molar refractivity (Wildman–Crippen MR) is 92.5 cm³/mol. The lowest BCUT2D eigenvalue weighted by Gasteiger charge is -2.09.